The molecule has 0 aromatic heterocycles. The Kier molecular flexibility index (Phi) is 4.19. The number of carbonyl (C=O) groups excluding carboxylic acids is 1. The van der Waals surface area contributed by atoms with Crippen molar-refractivity contribution in [3.63, 3.8) is 0 Å². The topological polar surface area (TPSA) is 55.6 Å². The summed E-state index contributed by atoms with van der Waals surface area (Å²) >= 11 is 0. The highest BCUT2D eigenvalue weighted by Crippen LogP contribution is 2.27. The number of nitrogens with zero attached hydrogens (tertiary/aromatic N) is 1. The monoisotopic (exact) mass is 228 g/mol. The highest BCUT2D eigenvalue weighted by molar-refractivity contribution is 5.69. The number of hydrogen-bond acceptors (Lipinski definition) is 3. The Balaban J connectivity index is 2.57. The Morgan fingerprint density at radius 2 is 2.19 bits per heavy atom. The molecule has 0 radical (unpaired) electrons. The maximum atomic E-state index is 11.8. The summed E-state index contributed by atoms with van der Waals surface area (Å²) in [6.45, 7) is 9.84. The molecule has 2 atom stereocenters. The fourth-order valence-corrected chi connectivity index (χ4v) is 1.85. The minimum Gasteiger partial charge on any atom is -0.446 e. The van der Waals surface area contributed by atoms with Crippen molar-refractivity contribution < 1.29 is 9.53 Å². The summed E-state index contributed by atoms with van der Waals surface area (Å²) in [5.74, 6) is 0. The lowest BCUT2D eigenvalue weighted by Crippen LogP contribution is -2.51. The molecule has 1 saturated heterocycles. The SMILES string of the molecule is CC(N1CCC(CCN)OC1=O)C(C)(C)C. The van der Waals surface area contributed by atoms with Crippen LogP contribution in [0.5, 0.6) is 0 Å². The van der Waals surface area contributed by atoms with Gasteiger partial charge in [-0.2, -0.15) is 0 Å². The summed E-state index contributed by atoms with van der Waals surface area (Å²) < 4.78 is 5.36. The van der Waals surface area contributed by atoms with E-state index >= 15 is 0 Å². The maximum Gasteiger partial charge on any atom is 0.410 e. The van der Waals surface area contributed by atoms with Crippen LogP contribution in [0, 0.1) is 5.41 Å². The van der Waals surface area contributed by atoms with Crippen LogP contribution < -0.4 is 5.73 Å². The molecule has 16 heavy (non-hydrogen) atoms. The van der Waals surface area contributed by atoms with Crippen LogP contribution >= 0.6 is 0 Å². The van der Waals surface area contributed by atoms with E-state index in [1.54, 1.807) is 0 Å². The number of ether oxygens (including phenoxy) is 1. The van der Waals surface area contributed by atoms with Crippen molar-refractivity contribution in [3.05, 3.63) is 0 Å². The Bertz CT molecular complexity index is 248. The molecule has 94 valence electrons. The third-order valence-corrected chi connectivity index (χ3v) is 3.40. The molecule has 0 saturated carbocycles. The van der Waals surface area contributed by atoms with Gasteiger partial charge in [0.15, 0.2) is 0 Å². The predicted molar refractivity (Wildman–Crippen MR) is 64.2 cm³/mol. The summed E-state index contributed by atoms with van der Waals surface area (Å²) in [6.07, 6.45) is 1.49. The fraction of sp³-hybridized carbons (Fsp3) is 0.917. The highest BCUT2D eigenvalue weighted by Gasteiger charge is 2.34. The van der Waals surface area contributed by atoms with Gasteiger partial charge in [0.25, 0.3) is 0 Å². The quantitative estimate of drug-likeness (QED) is 0.803. The number of nitrogens with two attached hydrogens (primary N) is 1. The van der Waals surface area contributed by atoms with Gasteiger partial charge in [-0.05, 0) is 25.3 Å². The van der Waals surface area contributed by atoms with E-state index in [2.05, 4.69) is 27.7 Å². The highest BCUT2D eigenvalue weighted by atomic mass is 16.6. The Morgan fingerprint density at radius 3 is 2.62 bits per heavy atom. The lowest BCUT2D eigenvalue weighted by atomic mass is 9.86. The third kappa shape index (κ3) is 3.11. The second kappa shape index (κ2) is 5.04. The van der Waals surface area contributed by atoms with Crippen molar-refractivity contribution in [3.8, 4) is 0 Å². The minimum absolute atomic E-state index is 0.0147. The van der Waals surface area contributed by atoms with Crippen LogP contribution in [0.3, 0.4) is 0 Å². The summed E-state index contributed by atoms with van der Waals surface area (Å²) in [6, 6.07) is 0.193. The molecule has 4 heteroatoms. The molecule has 0 spiro atoms. The van der Waals surface area contributed by atoms with E-state index in [1.807, 2.05) is 4.90 Å². The first kappa shape index (κ1) is 13.3. The second-order valence-electron chi connectivity index (χ2n) is 5.61. The van der Waals surface area contributed by atoms with E-state index in [0.717, 1.165) is 19.4 Å². The van der Waals surface area contributed by atoms with Gasteiger partial charge in [0, 0.05) is 19.0 Å². The van der Waals surface area contributed by atoms with Gasteiger partial charge in [-0.1, -0.05) is 20.8 Å². The van der Waals surface area contributed by atoms with Gasteiger partial charge < -0.3 is 15.4 Å². The van der Waals surface area contributed by atoms with E-state index < -0.39 is 0 Å². The maximum absolute atomic E-state index is 11.8. The minimum atomic E-state index is -0.188. The molecule has 4 nitrogen and oxygen atoms in total. The Hall–Kier alpha value is -0.770. The number of hydrogen-bond donors (Lipinski definition) is 1. The van der Waals surface area contributed by atoms with Crippen LogP contribution in [-0.4, -0.2) is 36.2 Å². The van der Waals surface area contributed by atoms with Crippen LogP contribution in [-0.2, 0) is 4.74 Å². The van der Waals surface area contributed by atoms with Gasteiger partial charge in [-0.25, -0.2) is 4.79 Å². The van der Waals surface area contributed by atoms with E-state index in [1.165, 1.54) is 0 Å². The molecule has 2 unspecified atom stereocenters. The molecule has 0 aromatic carbocycles. The Labute approximate surface area is 98.1 Å². The van der Waals surface area contributed by atoms with E-state index in [4.69, 9.17) is 10.5 Å². The number of carbonyl (C=O) groups is 1. The van der Waals surface area contributed by atoms with Gasteiger partial charge in [-0.15, -0.1) is 0 Å². The normalized spacial score (nSPS) is 24.2. The smallest absolute Gasteiger partial charge is 0.410 e. The molecule has 1 aliphatic heterocycles. The second-order valence-corrected chi connectivity index (χ2v) is 5.61. The molecule has 1 aliphatic rings. The fourth-order valence-electron chi connectivity index (χ4n) is 1.85. The van der Waals surface area contributed by atoms with Crippen molar-refractivity contribution in [2.45, 2.75) is 52.7 Å². The van der Waals surface area contributed by atoms with Crippen molar-refractivity contribution >= 4 is 6.09 Å². The summed E-state index contributed by atoms with van der Waals surface area (Å²) in [5.41, 5.74) is 5.55. The zero-order valence-corrected chi connectivity index (χ0v) is 10.8. The van der Waals surface area contributed by atoms with Crippen LogP contribution in [0.4, 0.5) is 4.79 Å². The number of amides is 1. The van der Waals surface area contributed by atoms with Gasteiger partial charge in [0.1, 0.15) is 6.10 Å². The van der Waals surface area contributed by atoms with Gasteiger partial charge in [0.05, 0.1) is 0 Å². The number of cyclic esters (lactones) is 1. The van der Waals surface area contributed by atoms with E-state index in [0.29, 0.717) is 6.54 Å². The van der Waals surface area contributed by atoms with Crippen LogP contribution in [0.1, 0.15) is 40.5 Å². The van der Waals surface area contributed by atoms with Gasteiger partial charge in [0.2, 0.25) is 0 Å². The molecule has 0 aliphatic carbocycles. The van der Waals surface area contributed by atoms with E-state index in [-0.39, 0.29) is 23.7 Å². The van der Waals surface area contributed by atoms with E-state index in [9.17, 15) is 4.79 Å². The average Bonchev–Trinajstić information content (AvgIpc) is 2.16. The van der Waals surface area contributed by atoms with Crippen molar-refractivity contribution in [1.82, 2.24) is 4.90 Å². The summed E-state index contributed by atoms with van der Waals surface area (Å²) in [5, 5.41) is 0. The predicted octanol–water partition coefficient (Wildman–Crippen LogP) is 1.98. The molecule has 1 amide bonds. The molecule has 1 fully saturated rings. The van der Waals surface area contributed by atoms with Gasteiger partial charge in [-0.3, -0.25) is 0 Å². The standard InChI is InChI=1S/C12H24N2O2/c1-9(12(2,3)4)14-8-6-10(5-7-13)16-11(14)15/h9-10H,5-8,13H2,1-4H3. The first-order valence-corrected chi connectivity index (χ1v) is 6.03. The first-order chi connectivity index (χ1) is 7.36. The molecular weight excluding hydrogens is 204 g/mol. The first-order valence-electron chi connectivity index (χ1n) is 6.03. The summed E-state index contributed by atoms with van der Waals surface area (Å²) in [7, 11) is 0. The van der Waals surface area contributed by atoms with Gasteiger partial charge >= 0.3 is 6.09 Å². The average molecular weight is 228 g/mol. The zero-order valence-electron chi connectivity index (χ0n) is 10.8. The summed E-state index contributed by atoms with van der Waals surface area (Å²) in [4.78, 5) is 13.7. The van der Waals surface area contributed by atoms with Crippen molar-refractivity contribution in [2.24, 2.45) is 11.1 Å². The molecule has 0 bridgehead atoms. The largest absolute Gasteiger partial charge is 0.446 e. The van der Waals surface area contributed by atoms with Crippen LogP contribution in [0.2, 0.25) is 0 Å². The third-order valence-electron chi connectivity index (χ3n) is 3.40. The zero-order chi connectivity index (χ0) is 12.3. The van der Waals surface area contributed by atoms with Crippen molar-refractivity contribution in [2.75, 3.05) is 13.1 Å². The van der Waals surface area contributed by atoms with Crippen LogP contribution in [0.15, 0.2) is 0 Å². The molecule has 2 N–H and O–H groups in total. The lowest BCUT2D eigenvalue weighted by molar-refractivity contribution is -0.00532. The molecule has 0 aromatic rings. The number of rotatable bonds is 3. The van der Waals surface area contributed by atoms with Crippen molar-refractivity contribution in [1.29, 1.82) is 0 Å². The lowest BCUT2D eigenvalue weighted by Gasteiger charge is -2.41. The van der Waals surface area contributed by atoms with Crippen LogP contribution in [0.25, 0.3) is 0 Å². The molecule has 1 rings (SSSR count). The molecular formula is C12H24N2O2. The molecule has 1 heterocycles. The Morgan fingerprint density at radius 1 is 1.56 bits per heavy atom.